The van der Waals surface area contributed by atoms with Crippen molar-refractivity contribution in [3.8, 4) is 5.75 Å². The molecule has 1 aromatic carbocycles. The van der Waals surface area contributed by atoms with E-state index in [0.717, 1.165) is 30.8 Å². The van der Waals surface area contributed by atoms with Gasteiger partial charge in [0.2, 0.25) is 0 Å². The molecule has 1 fully saturated rings. The molecule has 1 aromatic rings. The highest BCUT2D eigenvalue weighted by Gasteiger charge is 2.24. The number of allylic oxidation sites excluding steroid dienone is 1. The van der Waals surface area contributed by atoms with Gasteiger partial charge in [0, 0.05) is 5.56 Å². The first-order chi connectivity index (χ1) is 10.6. The number of benzene rings is 1. The number of hydrogen-bond acceptors (Lipinski definition) is 3. The average molecular weight is 304 g/mol. The molecule has 2 rings (SSSR count). The molecule has 0 aromatic heterocycles. The van der Waals surface area contributed by atoms with Gasteiger partial charge in [-0.3, -0.25) is 0 Å². The minimum atomic E-state index is 0.0289. The molecule has 1 aliphatic heterocycles. The molecule has 0 unspecified atom stereocenters. The Bertz CT molecular complexity index is 489. The number of hydrogen-bond donors (Lipinski definition) is 0. The minimum Gasteiger partial charge on any atom is -0.490 e. The zero-order valence-electron chi connectivity index (χ0n) is 14.2. The lowest BCUT2D eigenvalue weighted by atomic mass is 10.0. The molecule has 0 spiro atoms. The molecule has 0 bridgehead atoms. The lowest BCUT2D eigenvalue weighted by Gasteiger charge is -2.19. The lowest BCUT2D eigenvalue weighted by Crippen LogP contribution is -2.10. The third-order valence-corrected chi connectivity index (χ3v) is 3.57. The Labute approximate surface area is 134 Å². The minimum absolute atomic E-state index is 0.0289. The van der Waals surface area contributed by atoms with Crippen molar-refractivity contribution < 1.29 is 14.2 Å². The monoisotopic (exact) mass is 304 g/mol. The summed E-state index contributed by atoms with van der Waals surface area (Å²) in [6.45, 7) is 9.87. The molecule has 1 aliphatic rings. The van der Waals surface area contributed by atoms with Crippen LogP contribution in [0.3, 0.4) is 0 Å². The van der Waals surface area contributed by atoms with E-state index in [2.05, 4.69) is 45.9 Å². The highest BCUT2D eigenvalue weighted by molar-refractivity contribution is 5.62. The maximum absolute atomic E-state index is 5.97. The van der Waals surface area contributed by atoms with Gasteiger partial charge in [0.15, 0.2) is 0 Å². The molecule has 3 heteroatoms. The molecular formula is C19H28O3. The molecular weight excluding hydrogens is 276 g/mol. The highest BCUT2D eigenvalue weighted by Crippen LogP contribution is 2.31. The maximum atomic E-state index is 5.97. The van der Waals surface area contributed by atoms with E-state index in [1.54, 1.807) is 0 Å². The summed E-state index contributed by atoms with van der Waals surface area (Å²) in [6, 6.07) is 6.20. The quantitative estimate of drug-likeness (QED) is 0.616. The van der Waals surface area contributed by atoms with Gasteiger partial charge in [-0.2, -0.15) is 0 Å². The fourth-order valence-corrected chi connectivity index (χ4v) is 2.32. The van der Waals surface area contributed by atoms with Crippen molar-refractivity contribution in [2.24, 2.45) is 0 Å². The van der Waals surface area contributed by atoms with Gasteiger partial charge < -0.3 is 14.2 Å². The van der Waals surface area contributed by atoms with E-state index in [1.807, 2.05) is 12.1 Å². The maximum Gasteiger partial charge on any atom is 0.127 e. The number of rotatable bonds is 9. The van der Waals surface area contributed by atoms with Crippen LogP contribution >= 0.6 is 0 Å². The van der Waals surface area contributed by atoms with Crippen LogP contribution in [0.5, 0.6) is 5.75 Å². The van der Waals surface area contributed by atoms with Gasteiger partial charge in [-0.1, -0.05) is 37.6 Å². The molecule has 122 valence electrons. The summed E-state index contributed by atoms with van der Waals surface area (Å²) in [4.78, 5) is 0. The smallest absolute Gasteiger partial charge is 0.127 e. The SMILES string of the molecule is CCC/C=C/c1c(OC(C)C)cccc1[C@@H](C)OC[C@H]1CO1. The summed E-state index contributed by atoms with van der Waals surface area (Å²) >= 11 is 0. The molecule has 22 heavy (non-hydrogen) atoms. The van der Waals surface area contributed by atoms with E-state index >= 15 is 0 Å². The van der Waals surface area contributed by atoms with Gasteiger partial charge in [0.05, 0.1) is 25.4 Å². The first-order valence-corrected chi connectivity index (χ1v) is 8.31. The largest absolute Gasteiger partial charge is 0.490 e. The summed E-state index contributed by atoms with van der Waals surface area (Å²) in [5.41, 5.74) is 2.31. The van der Waals surface area contributed by atoms with E-state index in [9.17, 15) is 0 Å². The standard InChI is InChI=1S/C19H28O3/c1-5-6-7-9-18-17(15(4)20-12-16-13-21-16)10-8-11-19(18)22-14(2)3/h7-11,14-16H,5-6,12-13H2,1-4H3/b9-7+/t15-,16+/m1/s1. The summed E-state index contributed by atoms with van der Waals surface area (Å²) in [5.74, 6) is 0.929. The second-order valence-corrected chi connectivity index (χ2v) is 6.05. The summed E-state index contributed by atoms with van der Waals surface area (Å²) in [6.07, 6.45) is 7.07. The van der Waals surface area contributed by atoms with Crippen molar-refractivity contribution in [1.82, 2.24) is 0 Å². The van der Waals surface area contributed by atoms with E-state index in [-0.39, 0.29) is 18.3 Å². The van der Waals surface area contributed by atoms with E-state index < -0.39 is 0 Å². The Morgan fingerprint density at radius 2 is 2.09 bits per heavy atom. The van der Waals surface area contributed by atoms with E-state index in [1.165, 1.54) is 5.56 Å². The van der Waals surface area contributed by atoms with E-state index in [0.29, 0.717) is 6.61 Å². The molecule has 3 nitrogen and oxygen atoms in total. The van der Waals surface area contributed by atoms with Gasteiger partial charge in [-0.25, -0.2) is 0 Å². The second-order valence-electron chi connectivity index (χ2n) is 6.05. The van der Waals surface area contributed by atoms with Crippen LogP contribution in [0.2, 0.25) is 0 Å². The van der Waals surface area contributed by atoms with Crippen molar-refractivity contribution in [2.75, 3.05) is 13.2 Å². The van der Waals surface area contributed by atoms with Crippen molar-refractivity contribution >= 4 is 6.08 Å². The van der Waals surface area contributed by atoms with Gasteiger partial charge in [0.25, 0.3) is 0 Å². The molecule has 0 saturated carbocycles. The van der Waals surface area contributed by atoms with Crippen LogP contribution in [-0.4, -0.2) is 25.4 Å². The molecule has 0 N–H and O–H groups in total. The van der Waals surface area contributed by atoms with Crippen LogP contribution in [-0.2, 0) is 9.47 Å². The average Bonchev–Trinajstić information content (AvgIpc) is 3.30. The fraction of sp³-hybridized carbons (Fsp3) is 0.579. The number of unbranched alkanes of at least 4 members (excludes halogenated alkanes) is 1. The third-order valence-electron chi connectivity index (χ3n) is 3.57. The summed E-state index contributed by atoms with van der Waals surface area (Å²) in [7, 11) is 0. The van der Waals surface area contributed by atoms with Gasteiger partial charge in [-0.15, -0.1) is 0 Å². The van der Waals surface area contributed by atoms with Crippen molar-refractivity contribution in [2.45, 2.75) is 58.8 Å². The predicted octanol–water partition coefficient (Wildman–Crippen LogP) is 4.76. The number of ether oxygens (including phenoxy) is 3. The molecule has 0 aliphatic carbocycles. The van der Waals surface area contributed by atoms with Crippen molar-refractivity contribution in [3.63, 3.8) is 0 Å². The summed E-state index contributed by atoms with van der Waals surface area (Å²) < 4.78 is 17.1. The zero-order chi connectivity index (χ0) is 15.9. The Morgan fingerprint density at radius 3 is 2.73 bits per heavy atom. The Balaban J connectivity index is 2.20. The van der Waals surface area contributed by atoms with Crippen LogP contribution < -0.4 is 4.74 Å². The molecule has 1 saturated heterocycles. The number of epoxide rings is 1. The van der Waals surface area contributed by atoms with Gasteiger partial charge in [-0.05, 0) is 38.8 Å². The van der Waals surface area contributed by atoms with Gasteiger partial charge >= 0.3 is 0 Å². The Morgan fingerprint density at radius 1 is 1.32 bits per heavy atom. The highest BCUT2D eigenvalue weighted by atomic mass is 16.6. The van der Waals surface area contributed by atoms with Crippen LogP contribution in [0.4, 0.5) is 0 Å². The van der Waals surface area contributed by atoms with Crippen molar-refractivity contribution in [3.05, 3.63) is 35.4 Å². The third kappa shape index (κ3) is 5.15. The fourth-order valence-electron chi connectivity index (χ4n) is 2.32. The molecule has 0 amide bonds. The van der Waals surface area contributed by atoms with Crippen LogP contribution in [0, 0.1) is 0 Å². The molecule has 0 radical (unpaired) electrons. The van der Waals surface area contributed by atoms with Gasteiger partial charge in [0.1, 0.15) is 11.9 Å². The van der Waals surface area contributed by atoms with Crippen LogP contribution in [0.15, 0.2) is 24.3 Å². The van der Waals surface area contributed by atoms with E-state index in [4.69, 9.17) is 14.2 Å². The van der Waals surface area contributed by atoms with Crippen molar-refractivity contribution in [1.29, 1.82) is 0 Å². The topological polar surface area (TPSA) is 31.0 Å². The van der Waals surface area contributed by atoms with Crippen LogP contribution in [0.1, 0.15) is 57.8 Å². The second kappa shape index (κ2) is 8.35. The summed E-state index contributed by atoms with van der Waals surface area (Å²) in [5, 5.41) is 0. The zero-order valence-corrected chi connectivity index (χ0v) is 14.2. The Hall–Kier alpha value is -1.32. The molecule has 1 heterocycles. The predicted molar refractivity (Wildman–Crippen MR) is 90.3 cm³/mol. The molecule has 2 atom stereocenters. The lowest BCUT2D eigenvalue weighted by molar-refractivity contribution is 0.0536. The van der Waals surface area contributed by atoms with Crippen LogP contribution in [0.25, 0.3) is 6.08 Å². The normalized spacial score (nSPS) is 18.9. The Kier molecular flexibility index (Phi) is 6.47. The first kappa shape index (κ1) is 17.0. The first-order valence-electron chi connectivity index (χ1n) is 8.31.